The highest BCUT2D eigenvalue weighted by Gasteiger charge is 2.58. The van der Waals surface area contributed by atoms with Gasteiger partial charge in [0.1, 0.15) is 18.5 Å². The number of para-hydroxylation sites is 1. The maximum absolute atomic E-state index is 13.1. The van der Waals surface area contributed by atoms with Crippen LogP contribution in [0.3, 0.4) is 0 Å². The normalized spacial score (nSPS) is 24.1. The molecule has 2 aliphatic heterocycles. The van der Waals surface area contributed by atoms with E-state index in [1.165, 1.54) is 22.8 Å². The molecule has 1 aromatic carbocycles. The van der Waals surface area contributed by atoms with Crippen LogP contribution in [0.2, 0.25) is 0 Å². The van der Waals surface area contributed by atoms with Crippen LogP contribution in [-0.4, -0.2) is 71.7 Å². The molecule has 44 heavy (non-hydrogen) atoms. The molecule has 0 unspecified atom stereocenters. The molecule has 8 rings (SSSR count). The van der Waals surface area contributed by atoms with E-state index in [1.54, 1.807) is 12.5 Å². The monoisotopic (exact) mass is 594 g/mol. The zero-order valence-corrected chi connectivity index (χ0v) is 24.6. The van der Waals surface area contributed by atoms with E-state index in [-0.39, 0.29) is 11.9 Å². The maximum Gasteiger partial charge on any atom is 0.252 e. The number of nitrogens with zero attached hydrogens (tertiary/aromatic N) is 6. The first-order chi connectivity index (χ1) is 21.4. The van der Waals surface area contributed by atoms with E-state index in [9.17, 15) is 4.79 Å². The molecule has 2 N–H and O–H groups in total. The molecule has 0 bridgehead atoms. The average Bonchev–Trinajstić information content (AvgIpc) is 3.32. The number of fused-ring (bicyclic) bond motifs is 3. The molecule has 6 heterocycles. The summed E-state index contributed by atoms with van der Waals surface area (Å²) in [6.07, 6.45) is 9.44. The summed E-state index contributed by atoms with van der Waals surface area (Å²) in [7, 11) is 0. The molecule has 1 amide bonds. The second-order valence-corrected chi connectivity index (χ2v) is 12.2. The van der Waals surface area contributed by atoms with Gasteiger partial charge in [0.2, 0.25) is 0 Å². The fourth-order valence-electron chi connectivity index (χ4n) is 6.35. The number of nitrogens with one attached hydrogen (secondary N) is 2. The van der Waals surface area contributed by atoms with Crippen LogP contribution >= 0.6 is 0 Å². The van der Waals surface area contributed by atoms with Crippen molar-refractivity contribution < 1.29 is 19.0 Å². The molecular weight excluding hydrogens is 560 g/mol. The van der Waals surface area contributed by atoms with Gasteiger partial charge in [0.15, 0.2) is 35.1 Å². The van der Waals surface area contributed by atoms with Gasteiger partial charge in [-0.3, -0.25) is 14.3 Å². The van der Waals surface area contributed by atoms with Crippen LogP contribution in [0, 0.1) is 0 Å². The van der Waals surface area contributed by atoms with E-state index in [1.807, 2.05) is 30.7 Å². The van der Waals surface area contributed by atoms with Gasteiger partial charge in [0.25, 0.3) is 5.91 Å². The van der Waals surface area contributed by atoms with Crippen molar-refractivity contribution in [3.63, 3.8) is 0 Å². The summed E-state index contributed by atoms with van der Waals surface area (Å²) < 4.78 is 22.8. The number of hydrogen-bond acceptors (Lipinski definition) is 9. The van der Waals surface area contributed by atoms with E-state index >= 15 is 0 Å². The lowest BCUT2D eigenvalue weighted by atomic mass is 10.1. The molecule has 0 spiro atoms. The molecule has 1 saturated carbocycles. The third-order valence-electron chi connectivity index (χ3n) is 8.48. The van der Waals surface area contributed by atoms with Crippen LogP contribution in [0.25, 0.3) is 22.1 Å². The molecule has 4 atom stereocenters. The Balaban J connectivity index is 1.01. The number of rotatable bonds is 9. The van der Waals surface area contributed by atoms with Gasteiger partial charge in [-0.2, -0.15) is 0 Å². The highest BCUT2D eigenvalue weighted by Crippen LogP contribution is 2.44. The van der Waals surface area contributed by atoms with Crippen molar-refractivity contribution in [2.24, 2.45) is 0 Å². The molecule has 12 nitrogen and oxygen atoms in total. The molecule has 3 fully saturated rings. The summed E-state index contributed by atoms with van der Waals surface area (Å²) in [5.74, 6) is -0.377. The van der Waals surface area contributed by atoms with Crippen LogP contribution in [-0.2, 0) is 32.0 Å². The first-order valence-corrected chi connectivity index (χ1v) is 15.1. The van der Waals surface area contributed by atoms with Crippen LogP contribution in [0.15, 0.2) is 67.6 Å². The number of hydrogen-bond donors (Lipinski definition) is 2. The number of anilines is 1. The lowest BCUT2D eigenvalue weighted by Gasteiger charge is -2.24. The van der Waals surface area contributed by atoms with Crippen molar-refractivity contribution in [3.8, 4) is 0 Å². The Morgan fingerprint density at radius 3 is 2.77 bits per heavy atom. The van der Waals surface area contributed by atoms with Crippen molar-refractivity contribution in [1.29, 1.82) is 0 Å². The molecule has 2 saturated heterocycles. The first kappa shape index (κ1) is 27.2. The maximum atomic E-state index is 13.1. The Labute approximate surface area is 253 Å². The predicted octanol–water partition coefficient (Wildman–Crippen LogP) is 3.58. The second-order valence-electron chi connectivity index (χ2n) is 12.2. The van der Waals surface area contributed by atoms with Gasteiger partial charge in [0, 0.05) is 48.6 Å². The van der Waals surface area contributed by atoms with Crippen LogP contribution in [0.4, 0.5) is 5.82 Å². The predicted molar refractivity (Wildman–Crippen MR) is 162 cm³/mol. The van der Waals surface area contributed by atoms with E-state index in [0.717, 1.165) is 31.4 Å². The summed E-state index contributed by atoms with van der Waals surface area (Å²) in [4.78, 5) is 31.0. The number of benzene rings is 1. The Hall–Kier alpha value is -4.39. The zero-order valence-electron chi connectivity index (χ0n) is 24.6. The minimum absolute atomic E-state index is 0.172. The zero-order chi connectivity index (χ0) is 29.8. The Morgan fingerprint density at radius 2 is 1.93 bits per heavy atom. The van der Waals surface area contributed by atoms with Gasteiger partial charge >= 0.3 is 0 Å². The van der Waals surface area contributed by atoms with Gasteiger partial charge in [-0.25, -0.2) is 15.0 Å². The summed E-state index contributed by atoms with van der Waals surface area (Å²) in [6, 6.07) is 12.7. The molecule has 4 aromatic heterocycles. The third-order valence-corrected chi connectivity index (χ3v) is 8.48. The quantitative estimate of drug-likeness (QED) is 0.263. The second kappa shape index (κ2) is 10.7. The number of imidazole rings is 1. The Bertz CT molecular complexity index is 1830. The van der Waals surface area contributed by atoms with Gasteiger partial charge < -0.3 is 29.4 Å². The topological polar surface area (TPSA) is 130 Å². The van der Waals surface area contributed by atoms with Crippen molar-refractivity contribution in [2.45, 2.75) is 76.0 Å². The molecule has 0 radical (unpaired) electrons. The van der Waals surface area contributed by atoms with Gasteiger partial charge in [-0.05, 0) is 56.4 Å². The van der Waals surface area contributed by atoms with Gasteiger partial charge in [-0.1, -0.05) is 24.3 Å². The number of carbonyl (C=O) groups excluding carboxylic acids is 1. The van der Waals surface area contributed by atoms with Gasteiger partial charge in [-0.15, -0.1) is 0 Å². The number of ether oxygens (including phenoxy) is 3. The van der Waals surface area contributed by atoms with Crippen LogP contribution in [0.1, 0.15) is 44.0 Å². The lowest BCUT2D eigenvalue weighted by molar-refractivity contribution is -0.197. The van der Waals surface area contributed by atoms with Crippen molar-refractivity contribution in [3.05, 3.63) is 78.8 Å². The standard InChI is InChI=1S/C32H34N8O4/c1-32(2)43-25-26(30(41)38-21-9-10-21)42-31(27(25)44-32)40-18-37-24-28(35-17-36-29(24)40)34-13-11-20-16-39(15-19-6-5-12-33-14-19)23-8-4-3-7-22(20)23/h3-8,12,14,16-18,21,25-27,31H,9-11,13,15H2,1-2H3,(H,38,41)(H,34,35,36)/t25-,26+,27-,31-/m1/s1. The van der Waals surface area contributed by atoms with Crippen molar-refractivity contribution in [1.82, 2.24) is 34.4 Å². The van der Waals surface area contributed by atoms with Crippen LogP contribution in [0.5, 0.6) is 0 Å². The van der Waals surface area contributed by atoms with E-state index < -0.39 is 30.3 Å². The summed E-state index contributed by atoms with van der Waals surface area (Å²) in [5.41, 5.74) is 4.80. The smallest absolute Gasteiger partial charge is 0.252 e. The first-order valence-electron chi connectivity index (χ1n) is 15.1. The Kier molecular flexibility index (Phi) is 6.58. The number of aromatic nitrogens is 6. The molecule has 5 aromatic rings. The third kappa shape index (κ3) is 4.98. The summed E-state index contributed by atoms with van der Waals surface area (Å²) in [6.45, 7) is 5.11. The number of amides is 1. The fourth-order valence-corrected chi connectivity index (χ4v) is 6.35. The fraction of sp³-hybridized carbons (Fsp3) is 0.406. The van der Waals surface area contributed by atoms with E-state index in [0.29, 0.717) is 23.5 Å². The van der Waals surface area contributed by atoms with E-state index in [4.69, 9.17) is 14.2 Å². The molecular formula is C32H34N8O4. The van der Waals surface area contributed by atoms with Crippen LogP contribution < -0.4 is 10.6 Å². The minimum atomic E-state index is -0.839. The lowest BCUT2D eigenvalue weighted by Crippen LogP contribution is -2.43. The SMILES string of the molecule is CC1(C)O[C@@H]2[C@H](O1)[C@@H](C(=O)NC1CC1)O[C@H]2n1cnc2c(NCCc3cn(Cc4cccnc4)c4ccccc34)ncnc21. The highest BCUT2D eigenvalue weighted by molar-refractivity contribution is 5.85. The summed E-state index contributed by atoms with van der Waals surface area (Å²) >= 11 is 0. The summed E-state index contributed by atoms with van der Waals surface area (Å²) in [5, 5.41) is 7.74. The van der Waals surface area contributed by atoms with E-state index in [2.05, 4.69) is 71.7 Å². The van der Waals surface area contributed by atoms with Crippen molar-refractivity contribution in [2.75, 3.05) is 11.9 Å². The average molecular weight is 595 g/mol. The highest BCUT2D eigenvalue weighted by atomic mass is 16.8. The number of carbonyl (C=O) groups is 1. The molecule has 226 valence electrons. The number of pyridine rings is 1. The molecule has 3 aliphatic rings. The van der Waals surface area contributed by atoms with Gasteiger partial charge in [0.05, 0.1) is 6.33 Å². The largest absolute Gasteiger partial charge is 0.368 e. The minimum Gasteiger partial charge on any atom is -0.368 e. The molecule has 1 aliphatic carbocycles. The Morgan fingerprint density at radius 1 is 1.07 bits per heavy atom. The van der Waals surface area contributed by atoms with Crippen molar-refractivity contribution >= 4 is 33.8 Å². The molecule has 12 heteroatoms.